The van der Waals surface area contributed by atoms with Gasteiger partial charge in [0.1, 0.15) is 11.6 Å². The van der Waals surface area contributed by atoms with Crippen molar-refractivity contribution in [1.82, 2.24) is 4.98 Å². The average Bonchev–Trinajstić information content (AvgIpc) is 2.68. The molecule has 0 saturated heterocycles. The molecule has 2 atom stereocenters. The Morgan fingerprint density at radius 2 is 1.86 bits per heavy atom. The first-order chi connectivity index (χ1) is 13.7. The van der Waals surface area contributed by atoms with Crippen molar-refractivity contribution in [3.63, 3.8) is 0 Å². The van der Waals surface area contributed by atoms with Crippen LogP contribution in [0.15, 0.2) is 24.4 Å². The molecule has 0 fully saturated rings. The van der Waals surface area contributed by atoms with E-state index in [1.54, 1.807) is 6.92 Å². The Bertz CT molecular complexity index is 885. The molecule has 5 nitrogen and oxygen atoms in total. The maximum absolute atomic E-state index is 14.4. The predicted octanol–water partition coefficient (Wildman–Crippen LogP) is 5.38. The summed E-state index contributed by atoms with van der Waals surface area (Å²) in [4.78, 5) is 15.5. The molecule has 158 valence electrons. The lowest BCUT2D eigenvalue weighted by Gasteiger charge is -2.18. The molecule has 0 bridgehead atoms. The van der Waals surface area contributed by atoms with Gasteiger partial charge in [0.2, 0.25) is 0 Å². The second-order valence-electron chi connectivity index (χ2n) is 5.53. The number of alkyl halides is 3. The summed E-state index contributed by atoms with van der Waals surface area (Å²) in [7, 11) is 1.12. The van der Waals surface area contributed by atoms with Crippen molar-refractivity contribution < 1.29 is 36.6 Å². The van der Waals surface area contributed by atoms with Gasteiger partial charge in [-0.15, -0.1) is 0 Å². The number of esters is 1. The monoisotopic (exact) mass is 455 g/mol. The van der Waals surface area contributed by atoms with Gasteiger partial charge in [0.05, 0.1) is 22.8 Å². The molecule has 0 spiro atoms. The van der Waals surface area contributed by atoms with Crippen LogP contribution in [0.3, 0.4) is 0 Å². The molecule has 0 aliphatic carbocycles. The summed E-state index contributed by atoms with van der Waals surface area (Å²) in [6.45, 7) is 1.72. The highest BCUT2D eigenvalue weighted by Crippen LogP contribution is 2.37. The summed E-state index contributed by atoms with van der Waals surface area (Å²) in [5.74, 6) is -1.86. The molecule has 0 radical (unpaired) electrons. The van der Waals surface area contributed by atoms with E-state index in [0.29, 0.717) is 0 Å². The lowest BCUT2D eigenvalue weighted by molar-refractivity contribution is -0.173. The highest BCUT2D eigenvalue weighted by Gasteiger charge is 2.26. The molecule has 0 aliphatic heterocycles. The normalized spacial score (nSPS) is 13.3. The third kappa shape index (κ3) is 5.49. The molecular weight excluding hydrogens is 441 g/mol. The number of hydrogen-bond donors (Lipinski definition) is 0. The molecule has 0 amide bonds. The molecule has 2 unspecified atom stereocenters. The first-order valence-corrected chi connectivity index (χ1v) is 8.88. The van der Waals surface area contributed by atoms with E-state index < -0.39 is 36.2 Å². The Balaban J connectivity index is 2.44. The number of pyridine rings is 1. The Morgan fingerprint density at radius 3 is 2.41 bits per heavy atom. The van der Waals surface area contributed by atoms with Crippen molar-refractivity contribution >= 4 is 29.2 Å². The van der Waals surface area contributed by atoms with Gasteiger partial charge in [0.15, 0.2) is 6.17 Å². The average molecular weight is 456 g/mol. The molecular formula is C18H15Cl2F4NO4. The van der Waals surface area contributed by atoms with E-state index in [1.165, 1.54) is 0 Å². The molecule has 1 aromatic heterocycles. The highest BCUT2D eigenvalue weighted by molar-refractivity contribution is 6.33. The molecule has 1 aromatic carbocycles. The Labute approximate surface area is 173 Å². The standard InChI is InChI=1S/C18H15Cl2F4NO4/c1-3-28-18(17(26)27-2)29-13-5-9(12(21)6-10(13)19)15-11(20)4-8(7-25-15)14(22)16(23)24/h4-7,14,16,18H,3H2,1-2H3. The van der Waals surface area contributed by atoms with Crippen LogP contribution in [0.25, 0.3) is 11.3 Å². The van der Waals surface area contributed by atoms with Gasteiger partial charge in [0, 0.05) is 23.9 Å². The van der Waals surface area contributed by atoms with Gasteiger partial charge in [-0.25, -0.2) is 22.4 Å². The number of ether oxygens (including phenoxy) is 3. The second kappa shape index (κ2) is 10.1. The van der Waals surface area contributed by atoms with E-state index in [-0.39, 0.29) is 33.7 Å². The summed E-state index contributed by atoms with van der Waals surface area (Å²) in [5.41, 5.74) is -0.836. The van der Waals surface area contributed by atoms with Crippen LogP contribution in [-0.2, 0) is 14.3 Å². The van der Waals surface area contributed by atoms with Gasteiger partial charge in [-0.05, 0) is 25.1 Å². The van der Waals surface area contributed by atoms with E-state index in [9.17, 15) is 22.4 Å². The summed E-state index contributed by atoms with van der Waals surface area (Å²) < 4.78 is 68.0. The number of carbonyl (C=O) groups excluding carboxylic acids is 1. The summed E-state index contributed by atoms with van der Waals surface area (Å²) in [5, 5.41) is -0.457. The number of rotatable bonds is 8. The third-order valence-electron chi connectivity index (χ3n) is 3.62. The van der Waals surface area contributed by atoms with Crippen molar-refractivity contribution in [2.45, 2.75) is 25.8 Å². The zero-order chi connectivity index (χ0) is 21.7. The van der Waals surface area contributed by atoms with Gasteiger partial charge in [-0.1, -0.05) is 23.2 Å². The van der Waals surface area contributed by atoms with Crippen molar-refractivity contribution in [3.8, 4) is 17.0 Å². The first-order valence-electron chi connectivity index (χ1n) is 8.12. The van der Waals surface area contributed by atoms with Crippen LogP contribution in [0.2, 0.25) is 10.0 Å². The van der Waals surface area contributed by atoms with Crippen LogP contribution >= 0.6 is 23.2 Å². The number of aromatic nitrogens is 1. The minimum absolute atomic E-state index is 0.106. The van der Waals surface area contributed by atoms with E-state index in [0.717, 1.165) is 31.5 Å². The fraction of sp³-hybridized carbons (Fsp3) is 0.333. The third-order valence-corrected chi connectivity index (χ3v) is 4.21. The second-order valence-corrected chi connectivity index (χ2v) is 6.34. The van der Waals surface area contributed by atoms with Crippen LogP contribution in [-0.4, -0.2) is 37.4 Å². The van der Waals surface area contributed by atoms with Crippen LogP contribution in [0.4, 0.5) is 17.6 Å². The van der Waals surface area contributed by atoms with Crippen molar-refractivity contribution in [1.29, 1.82) is 0 Å². The smallest absolute Gasteiger partial charge is 0.376 e. The molecule has 0 aliphatic rings. The van der Waals surface area contributed by atoms with Gasteiger partial charge in [-0.2, -0.15) is 0 Å². The molecule has 0 saturated carbocycles. The lowest BCUT2D eigenvalue weighted by atomic mass is 10.1. The molecule has 1 heterocycles. The summed E-state index contributed by atoms with van der Waals surface area (Å²) in [6, 6.07) is 2.91. The van der Waals surface area contributed by atoms with Crippen LogP contribution in [0.5, 0.6) is 5.75 Å². The summed E-state index contributed by atoms with van der Waals surface area (Å²) >= 11 is 12.0. The van der Waals surface area contributed by atoms with E-state index in [2.05, 4.69) is 9.72 Å². The van der Waals surface area contributed by atoms with Crippen molar-refractivity contribution in [2.75, 3.05) is 13.7 Å². The number of hydrogen-bond acceptors (Lipinski definition) is 5. The van der Waals surface area contributed by atoms with E-state index in [1.807, 2.05) is 0 Å². The molecule has 2 aromatic rings. The molecule has 0 N–H and O–H groups in total. The molecule has 11 heteroatoms. The maximum Gasteiger partial charge on any atom is 0.376 e. The van der Waals surface area contributed by atoms with Gasteiger partial charge < -0.3 is 14.2 Å². The Hall–Kier alpha value is -2.10. The number of nitrogens with zero attached hydrogens (tertiary/aromatic N) is 1. The van der Waals surface area contributed by atoms with Crippen LogP contribution in [0.1, 0.15) is 18.7 Å². The number of methoxy groups -OCH3 is 1. The van der Waals surface area contributed by atoms with E-state index in [4.69, 9.17) is 32.7 Å². The fourth-order valence-corrected chi connectivity index (χ4v) is 2.73. The quantitative estimate of drug-likeness (QED) is 0.303. The number of benzene rings is 1. The van der Waals surface area contributed by atoms with Gasteiger partial charge in [-0.3, -0.25) is 4.98 Å². The number of carbonyl (C=O) groups is 1. The summed E-state index contributed by atoms with van der Waals surface area (Å²) in [6.07, 6.45) is -6.50. The van der Waals surface area contributed by atoms with Crippen LogP contribution < -0.4 is 4.74 Å². The topological polar surface area (TPSA) is 57.7 Å². The minimum Gasteiger partial charge on any atom is -0.464 e. The fourth-order valence-electron chi connectivity index (χ4n) is 2.26. The minimum atomic E-state index is -3.26. The van der Waals surface area contributed by atoms with E-state index >= 15 is 0 Å². The van der Waals surface area contributed by atoms with Gasteiger partial charge in [0.25, 0.3) is 12.7 Å². The SMILES string of the molecule is CCOC(Oc1cc(-c2ncc(C(F)C(F)F)cc2Cl)c(F)cc1Cl)C(=O)OC. The highest BCUT2D eigenvalue weighted by atomic mass is 35.5. The molecule has 29 heavy (non-hydrogen) atoms. The first kappa shape index (κ1) is 23.2. The zero-order valence-electron chi connectivity index (χ0n) is 15.1. The zero-order valence-corrected chi connectivity index (χ0v) is 16.6. The Morgan fingerprint density at radius 1 is 1.17 bits per heavy atom. The van der Waals surface area contributed by atoms with Crippen molar-refractivity contribution in [2.24, 2.45) is 0 Å². The van der Waals surface area contributed by atoms with Crippen LogP contribution in [0, 0.1) is 5.82 Å². The Kier molecular flexibility index (Phi) is 8.06. The largest absolute Gasteiger partial charge is 0.464 e. The maximum atomic E-state index is 14.4. The predicted molar refractivity (Wildman–Crippen MR) is 97.6 cm³/mol. The molecule has 2 rings (SSSR count). The lowest BCUT2D eigenvalue weighted by Crippen LogP contribution is -2.31. The van der Waals surface area contributed by atoms with Crippen molar-refractivity contribution in [3.05, 3.63) is 45.8 Å². The number of halogens is 6. The van der Waals surface area contributed by atoms with Gasteiger partial charge >= 0.3 is 5.97 Å².